The van der Waals surface area contributed by atoms with E-state index in [4.69, 9.17) is 11.6 Å². The lowest BCUT2D eigenvalue weighted by Gasteiger charge is -2.03. The molecule has 2 N–H and O–H groups in total. The quantitative estimate of drug-likeness (QED) is 0.759. The standard InChI is InChI=1S/C12H10ClN5/c13-8-2-1-3-9(4-8)15-6-11-17-10-5-14-7-16-12(10)18-11/h1-5,7,15H,6H2,(H,14,16,17,18). The molecule has 6 heteroatoms. The Labute approximate surface area is 108 Å². The zero-order valence-corrected chi connectivity index (χ0v) is 10.1. The Morgan fingerprint density at radius 3 is 3.11 bits per heavy atom. The second kappa shape index (κ2) is 4.62. The molecule has 3 rings (SSSR count). The molecule has 2 heterocycles. The number of rotatable bonds is 3. The molecule has 18 heavy (non-hydrogen) atoms. The van der Waals surface area contributed by atoms with Crippen molar-refractivity contribution in [3.8, 4) is 0 Å². The first-order chi connectivity index (χ1) is 8.81. The van der Waals surface area contributed by atoms with Gasteiger partial charge in [0.1, 0.15) is 17.7 Å². The van der Waals surface area contributed by atoms with Gasteiger partial charge in [-0.3, -0.25) is 0 Å². The number of halogens is 1. The lowest BCUT2D eigenvalue weighted by Crippen LogP contribution is -2.00. The number of aromatic nitrogens is 4. The van der Waals surface area contributed by atoms with Crippen molar-refractivity contribution >= 4 is 28.5 Å². The summed E-state index contributed by atoms with van der Waals surface area (Å²) in [7, 11) is 0. The maximum absolute atomic E-state index is 5.91. The SMILES string of the molecule is Clc1cccc(NCc2nc3ncncc3[nH]2)c1. The Balaban J connectivity index is 1.76. The van der Waals surface area contributed by atoms with Crippen LogP contribution in [0, 0.1) is 0 Å². The fourth-order valence-corrected chi connectivity index (χ4v) is 1.87. The molecule has 0 aliphatic heterocycles. The van der Waals surface area contributed by atoms with Crippen molar-refractivity contribution in [3.05, 3.63) is 47.6 Å². The van der Waals surface area contributed by atoms with Crippen molar-refractivity contribution in [3.63, 3.8) is 0 Å². The minimum absolute atomic E-state index is 0.580. The van der Waals surface area contributed by atoms with Gasteiger partial charge in [0.25, 0.3) is 0 Å². The number of nitrogens with zero attached hydrogens (tertiary/aromatic N) is 3. The van der Waals surface area contributed by atoms with Crippen LogP contribution >= 0.6 is 11.6 Å². The van der Waals surface area contributed by atoms with Crippen molar-refractivity contribution in [2.75, 3.05) is 5.32 Å². The molecule has 0 saturated carbocycles. The van der Waals surface area contributed by atoms with Gasteiger partial charge in [-0.15, -0.1) is 0 Å². The zero-order chi connectivity index (χ0) is 12.4. The molecule has 1 aromatic carbocycles. The zero-order valence-electron chi connectivity index (χ0n) is 9.39. The summed E-state index contributed by atoms with van der Waals surface area (Å²) in [5.74, 6) is 0.811. The Hall–Kier alpha value is -2.14. The molecular formula is C12H10ClN5. The molecule has 0 aliphatic rings. The van der Waals surface area contributed by atoms with Crippen LogP contribution in [0.4, 0.5) is 5.69 Å². The number of hydrogen-bond acceptors (Lipinski definition) is 4. The molecule has 0 saturated heterocycles. The summed E-state index contributed by atoms with van der Waals surface area (Å²) in [5, 5.41) is 3.94. The fourth-order valence-electron chi connectivity index (χ4n) is 1.68. The van der Waals surface area contributed by atoms with Gasteiger partial charge in [0.2, 0.25) is 0 Å². The molecule has 90 valence electrons. The molecule has 0 unspecified atom stereocenters. The third-order valence-electron chi connectivity index (χ3n) is 2.50. The molecule has 0 fully saturated rings. The lowest BCUT2D eigenvalue weighted by molar-refractivity contribution is 1.01. The summed E-state index contributed by atoms with van der Waals surface area (Å²) >= 11 is 5.91. The number of fused-ring (bicyclic) bond motifs is 1. The van der Waals surface area contributed by atoms with Gasteiger partial charge in [0.15, 0.2) is 5.65 Å². The minimum Gasteiger partial charge on any atom is -0.378 e. The summed E-state index contributed by atoms with van der Waals surface area (Å²) in [6, 6.07) is 7.55. The van der Waals surface area contributed by atoms with Crippen LogP contribution in [0.15, 0.2) is 36.8 Å². The van der Waals surface area contributed by atoms with Crippen LogP contribution < -0.4 is 5.32 Å². The highest BCUT2D eigenvalue weighted by Crippen LogP contribution is 2.15. The summed E-state index contributed by atoms with van der Waals surface area (Å²) in [4.78, 5) is 15.5. The van der Waals surface area contributed by atoms with E-state index >= 15 is 0 Å². The normalized spacial score (nSPS) is 10.7. The average molecular weight is 260 g/mol. The highest BCUT2D eigenvalue weighted by molar-refractivity contribution is 6.30. The van der Waals surface area contributed by atoms with Crippen molar-refractivity contribution in [2.24, 2.45) is 0 Å². The number of imidazole rings is 1. The molecule has 0 radical (unpaired) electrons. The van der Waals surface area contributed by atoms with E-state index in [-0.39, 0.29) is 0 Å². The van der Waals surface area contributed by atoms with Crippen molar-refractivity contribution in [1.82, 2.24) is 19.9 Å². The lowest BCUT2D eigenvalue weighted by atomic mass is 10.3. The third kappa shape index (κ3) is 2.26. The van der Waals surface area contributed by atoms with E-state index in [0.717, 1.165) is 17.0 Å². The first-order valence-electron chi connectivity index (χ1n) is 5.45. The third-order valence-corrected chi connectivity index (χ3v) is 2.73. The van der Waals surface area contributed by atoms with Gasteiger partial charge in [0, 0.05) is 10.7 Å². The second-order valence-electron chi connectivity index (χ2n) is 3.81. The first-order valence-corrected chi connectivity index (χ1v) is 5.83. The molecule has 3 aromatic rings. The molecule has 0 amide bonds. The van der Waals surface area contributed by atoms with E-state index in [1.54, 1.807) is 6.20 Å². The molecule has 0 spiro atoms. The maximum Gasteiger partial charge on any atom is 0.180 e. The van der Waals surface area contributed by atoms with Gasteiger partial charge in [-0.25, -0.2) is 15.0 Å². The van der Waals surface area contributed by atoms with Crippen molar-refractivity contribution < 1.29 is 0 Å². The smallest absolute Gasteiger partial charge is 0.180 e. The second-order valence-corrected chi connectivity index (χ2v) is 4.24. The van der Waals surface area contributed by atoms with Gasteiger partial charge in [-0.05, 0) is 18.2 Å². The van der Waals surface area contributed by atoms with Crippen molar-refractivity contribution in [2.45, 2.75) is 6.54 Å². The number of benzene rings is 1. The Morgan fingerprint density at radius 1 is 1.33 bits per heavy atom. The van der Waals surface area contributed by atoms with E-state index in [1.807, 2.05) is 24.3 Å². The van der Waals surface area contributed by atoms with Crippen LogP contribution in [-0.2, 0) is 6.54 Å². The topological polar surface area (TPSA) is 66.5 Å². The van der Waals surface area contributed by atoms with Crippen LogP contribution in [-0.4, -0.2) is 19.9 Å². The number of hydrogen-bond donors (Lipinski definition) is 2. The predicted molar refractivity (Wildman–Crippen MR) is 70.5 cm³/mol. The summed E-state index contributed by atoms with van der Waals surface area (Å²) < 4.78 is 0. The van der Waals surface area contributed by atoms with Gasteiger partial charge in [-0.2, -0.15) is 0 Å². The highest BCUT2D eigenvalue weighted by atomic mass is 35.5. The average Bonchev–Trinajstić information content (AvgIpc) is 2.79. The summed E-state index contributed by atoms with van der Waals surface area (Å²) in [5.41, 5.74) is 2.46. The fraction of sp³-hybridized carbons (Fsp3) is 0.0833. The number of anilines is 1. The van der Waals surface area contributed by atoms with E-state index in [0.29, 0.717) is 17.2 Å². The summed E-state index contributed by atoms with van der Waals surface area (Å²) in [6.45, 7) is 0.580. The number of aromatic amines is 1. The molecule has 0 aliphatic carbocycles. The largest absolute Gasteiger partial charge is 0.378 e. The monoisotopic (exact) mass is 259 g/mol. The molecule has 0 bridgehead atoms. The van der Waals surface area contributed by atoms with E-state index in [1.165, 1.54) is 6.33 Å². The Kier molecular flexibility index (Phi) is 2.82. The first kappa shape index (κ1) is 11.0. The molecule has 5 nitrogen and oxygen atoms in total. The van der Waals surface area contributed by atoms with Crippen LogP contribution in [0.3, 0.4) is 0 Å². The Morgan fingerprint density at radius 2 is 2.28 bits per heavy atom. The maximum atomic E-state index is 5.91. The van der Waals surface area contributed by atoms with Gasteiger partial charge in [-0.1, -0.05) is 17.7 Å². The predicted octanol–water partition coefficient (Wildman–Crippen LogP) is 2.62. The van der Waals surface area contributed by atoms with Gasteiger partial charge < -0.3 is 10.3 Å². The highest BCUT2D eigenvalue weighted by Gasteiger charge is 2.03. The van der Waals surface area contributed by atoms with Gasteiger partial charge >= 0.3 is 0 Å². The summed E-state index contributed by atoms with van der Waals surface area (Å²) in [6.07, 6.45) is 3.19. The van der Waals surface area contributed by atoms with E-state index in [9.17, 15) is 0 Å². The number of H-pyrrole nitrogens is 1. The molecular weight excluding hydrogens is 250 g/mol. The minimum atomic E-state index is 0.580. The van der Waals surface area contributed by atoms with E-state index < -0.39 is 0 Å². The molecule has 2 aromatic heterocycles. The van der Waals surface area contributed by atoms with Crippen molar-refractivity contribution in [1.29, 1.82) is 0 Å². The van der Waals surface area contributed by atoms with E-state index in [2.05, 4.69) is 25.3 Å². The van der Waals surface area contributed by atoms with Crippen LogP contribution in [0.5, 0.6) is 0 Å². The van der Waals surface area contributed by atoms with Crippen LogP contribution in [0.1, 0.15) is 5.82 Å². The Bertz CT molecular complexity index is 646. The van der Waals surface area contributed by atoms with Gasteiger partial charge in [0.05, 0.1) is 12.7 Å². The van der Waals surface area contributed by atoms with Crippen LogP contribution in [0.2, 0.25) is 5.02 Å². The molecule has 0 atom stereocenters. The van der Waals surface area contributed by atoms with Crippen LogP contribution in [0.25, 0.3) is 11.2 Å². The number of nitrogens with one attached hydrogen (secondary N) is 2.